The van der Waals surface area contributed by atoms with Gasteiger partial charge in [-0.1, -0.05) is 12.1 Å². The number of carbonyl (C=O) groups is 1. The van der Waals surface area contributed by atoms with Gasteiger partial charge in [0.05, 0.1) is 5.69 Å². The van der Waals surface area contributed by atoms with Gasteiger partial charge in [0, 0.05) is 37.6 Å². The van der Waals surface area contributed by atoms with E-state index >= 15 is 0 Å². The molecule has 0 atom stereocenters. The molecule has 0 spiro atoms. The molecule has 1 saturated heterocycles. The minimum atomic E-state index is -0.276. The van der Waals surface area contributed by atoms with E-state index in [1.54, 1.807) is 30.5 Å². The first-order valence-corrected chi connectivity index (χ1v) is 8.10. The fourth-order valence-electron chi connectivity index (χ4n) is 2.77. The van der Waals surface area contributed by atoms with Gasteiger partial charge in [-0.2, -0.15) is 0 Å². The van der Waals surface area contributed by atoms with Crippen LogP contribution < -0.4 is 5.32 Å². The maximum absolute atomic E-state index is 12.9. The second-order valence-corrected chi connectivity index (χ2v) is 5.87. The summed E-state index contributed by atoms with van der Waals surface area (Å²) in [6.07, 6.45) is 8.66. The van der Waals surface area contributed by atoms with Crippen LogP contribution in [0.1, 0.15) is 18.4 Å². The van der Waals surface area contributed by atoms with Gasteiger partial charge in [0.2, 0.25) is 5.91 Å². The van der Waals surface area contributed by atoms with Crippen LogP contribution in [-0.4, -0.2) is 34.9 Å². The molecule has 1 aliphatic rings. The van der Waals surface area contributed by atoms with Gasteiger partial charge in [-0.3, -0.25) is 9.78 Å². The molecule has 4 nitrogen and oxygen atoms in total. The van der Waals surface area contributed by atoms with E-state index in [0.717, 1.165) is 37.2 Å². The number of carbonyl (C=O) groups excluding carboxylic acids is 1. The molecular weight excluding hydrogens is 305 g/mol. The van der Waals surface area contributed by atoms with Crippen molar-refractivity contribution in [2.45, 2.75) is 18.9 Å². The van der Waals surface area contributed by atoms with Crippen molar-refractivity contribution in [2.75, 3.05) is 18.4 Å². The molecule has 0 bridgehead atoms. The number of piperidine rings is 1. The van der Waals surface area contributed by atoms with Gasteiger partial charge in [0.25, 0.3) is 0 Å². The average molecular weight is 325 g/mol. The number of anilines is 1. The Morgan fingerprint density at radius 2 is 1.96 bits per heavy atom. The highest BCUT2D eigenvalue weighted by Gasteiger charge is 2.21. The largest absolute Gasteiger partial charge is 0.381 e. The summed E-state index contributed by atoms with van der Waals surface area (Å²) in [7, 11) is 0. The highest BCUT2D eigenvalue weighted by Crippen LogP contribution is 2.16. The first-order chi connectivity index (χ1) is 11.7. The highest BCUT2D eigenvalue weighted by atomic mass is 19.1. The molecule has 1 aliphatic heterocycles. The quantitative estimate of drug-likeness (QED) is 0.877. The summed E-state index contributed by atoms with van der Waals surface area (Å²) in [6.45, 7) is 1.45. The molecule has 24 heavy (non-hydrogen) atoms. The Balaban J connectivity index is 1.49. The van der Waals surface area contributed by atoms with Crippen molar-refractivity contribution >= 4 is 17.7 Å². The van der Waals surface area contributed by atoms with E-state index in [1.807, 2.05) is 23.2 Å². The molecule has 1 amide bonds. The molecule has 2 heterocycles. The van der Waals surface area contributed by atoms with E-state index in [1.165, 1.54) is 12.1 Å². The first kappa shape index (κ1) is 16.2. The molecule has 3 rings (SSSR count). The summed E-state index contributed by atoms with van der Waals surface area (Å²) in [6, 6.07) is 10.3. The summed E-state index contributed by atoms with van der Waals surface area (Å²) in [5.74, 6) is -0.277. The van der Waals surface area contributed by atoms with Crippen LogP contribution in [0.25, 0.3) is 6.08 Å². The zero-order valence-corrected chi connectivity index (χ0v) is 13.4. The summed E-state index contributed by atoms with van der Waals surface area (Å²) < 4.78 is 12.9. The molecular formula is C19H20FN3O. The lowest BCUT2D eigenvalue weighted by atomic mass is 10.0. The molecule has 0 radical (unpaired) electrons. The molecule has 1 aromatic heterocycles. The molecule has 5 heteroatoms. The lowest BCUT2D eigenvalue weighted by Gasteiger charge is -2.32. The van der Waals surface area contributed by atoms with E-state index in [9.17, 15) is 9.18 Å². The standard InChI is InChI=1S/C19H20FN3O/c20-16-6-3-15(4-7-16)5-8-19(24)23-12-9-17(10-13-23)22-18-2-1-11-21-14-18/h1-8,11,14,17,22H,9-10,12-13H2/b8-5+. The third-order valence-corrected chi connectivity index (χ3v) is 4.13. The Kier molecular flexibility index (Phi) is 5.21. The number of amides is 1. The predicted octanol–water partition coefficient (Wildman–Crippen LogP) is 3.34. The fraction of sp³-hybridized carbons (Fsp3) is 0.263. The van der Waals surface area contributed by atoms with Gasteiger partial charge < -0.3 is 10.2 Å². The smallest absolute Gasteiger partial charge is 0.246 e. The van der Waals surface area contributed by atoms with Crippen LogP contribution in [0.15, 0.2) is 54.9 Å². The maximum Gasteiger partial charge on any atom is 0.246 e. The zero-order chi connectivity index (χ0) is 16.8. The second-order valence-electron chi connectivity index (χ2n) is 5.87. The predicted molar refractivity (Wildman–Crippen MR) is 92.9 cm³/mol. The fourth-order valence-corrected chi connectivity index (χ4v) is 2.77. The van der Waals surface area contributed by atoms with Crippen LogP contribution in [-0.2, 0) is 4.79 Å². The monoisotopic (exact) mass is 325 g/mol. The van der Waals surface area contributed by atoms with Crippen LogP contribution in [0.4, 0.5) is 10.1 Å². The number of pyridine rings is 1. The number of rotatable bonds is 4. The Morgan fingerprint density at radius 3 is 2.62 bits per heavy atom. The SMILES string of the molecule is O=C(/C=C/c1ccc(F)cc1)N1CCC(Nc2cccnc2)CC1. The Morgan fingerprint density at radius 1 is 1.21 bits per heavy atom. The van der Waals surface area contributed by atoms with E-state index in [2.05, 4.69) is 10.3 Å². The van der Waals surface area contributed by atoms with Crippen molar-refractivity contribution in [3.8, 4) is 0 Å². The van der Waals surface area contributed by atoms with E-state index < -0.39 is 0 Å². The van der Waals surface area contributed by atoms with Crippen LogP contribution in [0.3, 0.4) is 0 Å². The van der Waals surface area contributed by atoms with Crippen molar-refractivity contribution < 1.29 is 9.18 Å². The molecule has 0 unspecified atom stereocenters. The van der Waals surface area contributed by atoms with Crippen LogP contribution in [0.2, 0.25) is 0 Å². The zero-order valence-electron chi connectivity index (χ0n) is 13.4. The molecule has 124 valence electrons. The minimum absolute atomic E-state index is 0.000784. The summed E-state index contributed by atoms with van der Waals surface area (Å²) in [5.41, 5.74) is 1.83. The lowest BCUT2D eigenvalue weighted by Crippen LogP contribution is -2.41. The molecule has 0 saturated carbocycles. The molecule has 0 aliphatic carbocycles. The number of aromatic nitrogens is 1. The van der Waals surface area contributed by atoms with Gasteiger partial charge in [-0.25, -0.2) is 4.39 Å². The molecule has 1 aromatic carbocycles. The number of nitrogens with one attached hydrogen (secondary N) is 1. The van der Waals surface area contributed by atoms with Gasteiger partial charge in [-0.15, -0.1) is 0 Å². The number of likely N-dealkylation sites (tertiary alicyclic amines) is 1. The highest BCUT2D eigenvalue weighted by molar-refractivity contribution is 5.91. The van der Waals surface area contributed by atoms with Gasteiger partial charge >= 0.3 is 0 Å². The molecule has 2 aromatic rings. The topological polar surface area (TPSA) is 45.2 Å². The Labute approximate surface area is 141 Å². The summed E-state index contributed by atoms with van der Waals surface area (Å²) in [5, 5.41) is 3.45. The van der Waals surface area contributed by atoms with E-state index in [4.69, 9.17) is 0 Å². The minimum Gasteiger partial charge on any atom is -0.381 e. The molecule has 1 fully saturated rings. The van der Waals surface area contributed by atoms with E-state index in [-0.39, 0.29) is 11.7 Å². The van der Waals surface area contributed by atoms with Crippen LogP contribution >= 0.6 is 0 Å². The average Bonchev–Trinajstić information content (AvgIpc) is 2.62. The first-order valence-electron chi connectivity index (χ1n) is 8.10. The maximum atomic E-state index is 12.9. The van der Waals surface area contributed by atoms with Crippen molar-refractivity contribution in [2.24, 2.45) is 0 Å². The lowest BCUT2D eigenvalue weighted by molar-refractivity contribution is -0.126. The summed E-state index contributed by atoms with van der Waals surface area (Å²) >= 11 is 0. The number of benzene rings is 1. The number of hydrogen-bond donors (Lipinski definition) is 1. The third kappa shape index (κ3) is 4.41. The van der Waals surface area contributed by atoms with Gasteiger partial charge in [0.15, 0.2) is 0 Å². The second kappa shape index (κ2) is 7.73. The third-order valence-electron chi connectivity index (χ3n) is 4.13. The number of nitrogens with zero attached hydrogens (tertiary/aromatic N) is 2. The number of halogens is 1. The van der Waals surface area contributed by atoms with E-state index in [0.29, 0.717) is 6.04 Å². The Bertz CT molecular complexity index is 692. The van der Waals surface area contributed by atoms with Gasteiger partial charge in [-0.05, 0) is 48.7 Å². The number of hydrogen-bond acceptors (Lipinski definition) is 3. The van der Waals surface area contributed by atoms with Crippen molar-refractivity contribution in [3.63, 3.8) is 0 Å². The van der Waals surface area contributed by atoms with Crippen molar-refractivity contribution in [3.05, 3.63) is 66.2 Å². The van der Waals surface area contributed by atoms with Crippen LogP contribution in [0, 0.1) is 5.82 Å². The molecule has 1 N–H and O–H groups in total. The normalized spacial score (nSPS) is 15.6. The summed E-state index contributed by atoms with van der Waals surface area (Å²) in [4.78, 5) is 18.2. The van der Waals surface area contributed by atoms with Crippen molar-refractivity contribution in [1.82, 2.24) is 9.88 Å². The van der Waals surface area contributed by atoms with Crippen LogP contribution in [0.5, 0.6) is 0 Å². The Hall–Kier alpha value is -2.69. The van der Waals surface area contributed by atoms with Gasteiger partial charge in [0.1, 0.15) is 5.82 Å². The van der Waals surface area contributed by atoms with Crippen molar-refractivity contribution in [1.29, 1.82) is 0 Å².